The van der Waals surface area contributed by atoms with Gasteiger partial charge in [-0.1, -0.05) is 24.9 Å². The van der Waals surface area contributed by atoms with Gasteiger partial charge in [-0.15, -0.1) is 0 Å². The van der Waals surface area contributed by atoms with Crippen LogP contribution in [0.4, 0.5) is 0 Å². The van der Waals surface area contributed by atoms with Crippen molar-refractivity contribution < 1.29 is 18.3 Å². The van der Waals surface area contributed by atoms with Crippen molar-refractivity contribution in [3.05, 3.63) is 28.8 Å². The van der Waals surface area contributed by atoms with Crippen LogP contribution < -0.4 is 4.72 Å². The highest BCUT2D eigenvalue weighted by atomic mass is 35.5. The van der Waals surface area contributed by atoms with E-state index in [2.05, 4.69) is 4.72 Å². The highest BCUT2D eigenvalue weighted by molar-refractivity contribution is 7.89. The number of carboxylic acid groups (broad SMARTS) is 1. The number of nitriles is 1. The topological polar surface area (TPSA) is 107 Å². The number of nitrogens with one attached hydrogen (secondary N) is 1. The van der Waals surface area contributed by atoms with E-state index in [9.17, 15) is 13.2 Å². The zero-order chi connectivity index (χ0) is 16.0. The number of carbonyl (C=O) groups is 1. The lowest BCUT2D eigenvalue weighted by Gasteiger charge is -2.14. The maximum atomic E-state index is 12.2. The minimum absolute atomic E-state index is 0.0114. The second kappa shape index (κ2) is 7.41. The molecule has 1 atom stereocenters. The van der Waals surface area contributed by atoms with E-state index in [4.69, 9.17) is 22.0 Å². The Hall–Kier alpha value is -1.62. The van der Waals surface area contributed by atoms with E-state index in [-0.39, 0.29) is 34.4 Å². The summed E-state index contributed by atoms with van der Waals surface area (Å²) in [5.74, 6) is -1.30. The van der Waals surface area contributed by atoms with Crippen LogP contribution in [0.25, 0.3) is 0 Å². The average molecular weight is 331 g/mol. The first-order valence-corrected chi connectivity index (χ1v) is 8.07. The third kappa shape index (κ3) is 5.01. The van der Waals surface area contributed by atoms with Crippen molar-refractivity contribution in [2.24, 2.45) is 5.92 Å². The Labute approximate surface area is 128 Å². The van der Waals surface area contributed by atoms with E-state index in [1.54, 1.807) is 13.0 Å². The van der Waals surface area contributed by atoms with Crippen LogP contribution in [0, 0.1) is 17.2 Å². The van der Waals surface area contributed by atoms with Gasteiger partial charge in [0.1, 0.15) is 11.0 Å². The third-order valence-corrected chi connectivity index (χ3v) is 4.65. The standard InChI is InChI=1S/C13H15ClN2O4S/c1-2-9(5-13(17)18)8-16-21(19,20)12-6-11(14)4-3-10(12)7-15/h3-4,6,9,16H,2,5,8H2,1H3,(H,17,18). The summed E-state index contributed by atoms with van der Waals surface area (Å²) < 4.78 is 26.7. The first-order valence-electron chi connectivity index (χ1n) is 6.21. The first-order chi connectivity index (χ1) is 9.80. The maximum absolute atomic E-state index is 12.2. The molecule has 1 unspecified atom stereocenters. The molecule has 0 heterocycles. The van der Waals surface area contributed by atoms with E-state index in [0.717, 1.165) is 0 Å². The second-order valence-electron chi connectivity index (χ2n) is 4.48. The van der Waals surface area contributed by atoms with Crippen LogP contribution in [-0.4, -0.2) is 26.0 Å². The number of benzene rings is 1. The molecule has 0 radical (unpaired) electrons. The summed E-state index contributed by atoms with van der Waals surface area (Å²) in [7, 11) is -3.92. The molecule has 1 aromatic rings. The SMILES string of the molecule is CCC(CNS(=O)(=O)c1cc(Cl)ccc1C#N)CC(=O)O. The lowest BCUT2D eigenvalue weighted by atomic mass is 10.0. The van der Waals surface area contributed by atoms with Gasteiger partial charge in [-0.05, 0) is 24.1 Å². The molecule has 0 aliphatic rings. The number of rotatable bonds is 7. The molecule has 21 heavy (non-hydrogen) atoms. The van der Waals surface area contributed by atoms with Gasteiger partial charge in [0.25, 0.3) is 0 Å². The van der Waals surface area contributed by atoms with Gasteiger partial charge in [-0.3, -0.25) is 4.79 Å². The van der Waals surface area contributed by atoms with Gasteiger partial charge >= 0.3 is 5.97 Å². The molecule has 0 amide bonds. The van der Waals surface area contributed by atoms with Gasteiger partial charge in [0.05, 0.1) is 5.56 Å². The summed E-state index contributed by atoms with van der Waals surface area (Å²) in [5, 5.41) is 17.9. The number of hydrogen-bond donors (Lipinski definition) is 2. The van der Waals surface area contributed by atoms with Gasteiger partial charge in [-0.2, -0.15) is 5.26 Å². The van der Waals surface area contributed by atoms with Crippen molar-refractivity contribution in [3.8, 4) is 6.07 Å². The minimum Gasteiger partial charge on any atom is -0.481 e. The molecule has 1 aromatic carbocycles. The summed E-state index contributed by atoms with van der Waals surface area (Å²) in [6.45, 7) is 1.77. The van der Waals surface area contributed by atoms with Crippen molar-refractivity contribution in [1.29, 1.82) is 5.26 Å². The fraction of sp³-hybridized carbons (Fsp3) is 0.385. The highest BCUT2D eigenvalue weighted by Crippen LogP contribution is 2.20. The Bertz CT molecular complexity index is 667. The van der Waals surface area contributed by atoms with Crippen LogP contribution in [0.1, 0.15) is 25.3 Å². The smallest absolute Gasteiger partial charge is 0.303 e. The van der Waals surface area contributed by atoms with E-state index < -0.39 is 16.0 Å². The van der Waals surface area contributed by atoms with E-state index in [1.807, 2.05) is 0 Å². The predicted octanol–water partition coefficient (Wildman–Crippen LogP) is 1.99. The minimum atomic E-state index is -3.92. The largest absolute Gasteiger partial charge is 0.481 e. The summed E-state index contributed by atoms with van der Waals surface area (Å²) >= 11 is 5.76. The van der Waals surface area contributed by atoms with E-state index in [0.29, 0.717) is 6.42 Å². The summed E-state index contributed by atoms with van der Waals surface area (Å²) in [5.41, 5.74) is -0.0156. The van der Waals surface area contributed by atoms with Gasteiger partial charge in [0.15, 0.2) is 0 Å². The zero-order valence-electron chi connectivity index (χ0n) is 11.3. The summed E-state index contributed by atoms with van der Waals surface area (Å²) in [6, 6.07) is 5.74. The van der Waals surface area contributed by atoms with Crippen LogP contribution in [-0.2, 0) is 14.8 Å². The molecule has 0 saturated heterocycles. The lowest BCUT2D eigenvalue weighted by Crippen LogP contribution is -2.30. The van der Waals surface area contributed by atoms with Crippen molar-refractivity contribution in [2.45, 2.75) is 24.7 Å². The Morgan fingerprint density at radius 3 is 2.71 bits per heavy atom. The first kappa shape index (κ1) is 17.4. The number of sulfonamides is 1. The van der Waals surface area contributed by atoms with Gasteiger partial charge in [0.2, 0.25) is 10.0 Å². The predicted molar refractivity (Wildman–Crippen MR) is 77.4 cm³/mol. The summed E-state index contributed by atoms with van der Waals surface area (Å²) in [6.07, 6.45) is 0.398. The highest BCUT2D eigenvalue weighted by Gasteiger charge is 2.21. The zero-order valence-corrected chi connectivity index (χ0v) is 12.9. The fourth-order valence-corrected chi connectivity index (χ4v) is 3.26. The molecular weight excluding hydrogens is 316 g/mol. The van der Waals surface area contributed by atoms with Crippen LogP contribution in [0.3, 0.4) is 0 Å². The number of hydrogen-bond acceptors (Lipinski definition) is 4. The lowest BCUT2D eigenvalue weighted by molar-refractivity contribution is -0.138. The van der Waals surface area contributed by atoms with Crippen molar-refractivity contribution in [2.75, 3.05) is 6.54 Å². The molecule has 0 aliphatic heterocycles. The van der Waals surface area contributed by atoms with Crippen molar-refractivity contribution >= 4 is 27.6 Å². The molecule has 0 bridgehead atoms. The molecule has 8 heteroatoms. The van der Waals surface area contributed by atoms with E-state index >= 15 is 0 Å². The molecule has 1 rings (SSSR count). The Kier molecular flexibility index (Phi) is 6.15. The quantitative estimate of drug-likeness (QED) is 0.795. The molecule has 0 spiro atoms. The Morgan fingerprint density at radius 2 is 2.19 bits per heavy atom. The number of nitrogens with zero attached hydrogens (tertiary/aromatic N) is 1. The van der Waals surface area contributed by atoms with Crippen LogP contribution in [0.15, 0.2) is 23.1 Å². The number of aliphatic carboxylic acids is 1. The summed E-state index contributed by atoms with van der Waals surface area (Å²) in [4.78, 5) is 10.5. The molecular formula is C13H15ClN2O4S. The monoisotopic (exact) mass is 330 g/mol. The van der Waals surface area contributed by atoms with E-state index in [1.165, 1.54) is 18.2 Å². The van der Waals surface area contributed by atoms with Gasteiger partial charge in [-0.25, -0.2) is 13.1 Å². The van der Waals surface area contributed by atoms with Crippen LogP contribution >= 0.6 is 11.6 Å². The molecule has 0 aromatic heterocycles. The molecule has 0 saturated carbocycles. The molecule has 2 N–H and O–H groups in total. The Balaban J connectivity index is 2.95. The van der Waals surface area contributed by atoms with Crippen LogP contribution in [0.5, 0.6) is 0 Å². The van der Waals surface area contributed by atoms with Crippen molar-refractivity contribution in [1.82, 2.24) is 4.72 Å². The van der Waals surface area contributed by atoms with Gasteiger partial charge in [0, 0.05) is 18.0 Å². The fourth-order valence-electron chi connectivity index (χ4n) is 1.72. The third-order valence-electron chi connectivity index (χ3n) is 2.96. The molecule has 0 fully saturated rings. The maximum Gasteiger partial charge on any atom is 0.303 e. The number of carboxylic acids is 1. The Morgan fingerprint density at radius 1 is 1.52 bits per heavy atom. The average Bonchev–Trinajstić information content (AvgIpc) is 2.43. The molecule has 114 valence electrons. The van der Waals surface area contributed by atoms with Gasteiger partial charge < -0.3 is 5.11 Å². The normalized spacial score (nSPS) is 12.6. The van der Waals surface area contributed by atoms with Crippen LogP contribution in [0.2, 0.25) is 5.02 Å². The number of halogens is 1. The van der Waals surface area contributed by atoms with Crippen molar-refractivity contribution in [3.63, 3.8) is 0 Å². The molecule has 6 nitrogen and oxygen atoms in total. The second-order valence-corrected chi connectivity index (χ2v) is 6.65. The molecule has 0 aliphatic carbocycles.